The number of rotatable bonds is 2. The summed E-state index contributed by atoms with van der Waals surface area (Å²) in [5.41, 5.74) is 0. The lowest BCUT2D eigenvalue weighted by Gasteiger charge is -2.31. The summed E-state index contributed by atoms with van der Waals surface area (Å²) in [5.74, 6) is 0.583. The zero-order valence-corrected chi connectivity index (χ0v) is 7.26. The molecule has 2 heteroatoms. The van der Waals surface area contributed by atoms with E-state index in [2.05, 4.69) is 15.9 Å². The molecule has 1 saturated carbocycles. The van der Waals surface area contributed by atoms with Gasteiger partial charge >= 0.3 is 0 Å². The second kappa shape index (κ2) is 3.02. The average molecular weight is 193 g/mol. The third-order valence-corrected chi connectivity index (χ3v) is 2.65. The SMILES string of the molecule is CC(Br)C(O)C1CCC1. The van der Waals surface area contributed by atoms with E-state index in [-0.39, 0.29) is 10.9 Å². The van der Waals surface area contributed by atoms with Gasteiger partial charge in [0, 0.05) is 4.83 Å². The van der Waals surface area contributed by atoms with Crippen LogP contribution < -0.4 is 0 Å². The van der Waals surface area contributed by atoms with Crippen molar-refractivity contribution in [2.45, 2.75) is 37.1 Å². The lowest BCUT2D eigenvalue weighted by molar-refractivity contribution is 0.0655. The summed E-state index contributed by atoms with van der Waals surface area (Å²) in [6.07, 6.45) is 3.63. The summed E-state index contributed by atoms with van der Waals surface area (Å²) in [7, 11) is 0. The molecule has 9 heavy (non-hydrogen) atoms. The second-order valence-corrected chi connectivity index (χ2v) is 4.30. The Labute approximate surface area is 64.6 Å². The smallest absolute Gasteiger partial charge is 0.0690 e. The highest BCUT2D eigenvalue weighted by atomic mass is 79.9. The maximum atomic E-state index is 9.40. The molecule has 0 amide bonds. The van der Waals surface area contributed by atoms with E-state index in [0.29, 0.717) is 5.92 Å². The standard InChI is InChI=1S/C7H13BrO/c1-5(8)7(9)6-3-2-4-6/h5-7,9H,2-4H2,1H3. The largest absolute Gasteiger partial charge is 0.392 e. The van der Waals surface area contributed by atoms with Crippen molar-refractivity contribution in [2.75, 3.05) is 0 Å². The van der Waals surface area contributed by atoms with Gasteiger partial charge in [0.15, 0.2) is 0 Å². The molecule has 0 spiro atoms. The van der Waals surface area contributed by atoms with E-state index in [1.54, 1.807) is 0 Å². The lowest BCUT2D eigenvalue weighted by Crippen LogP contribution is -2.32. The monoisotopic (exact) mass is 192 g/mol. The molecule has 1 aliphatic carbocycles. The number of hydrogen-bond acceptors (Lipinski definition) is 1. The Balaban J connectivity index is 2.23. The Hall–Kier alpha value is 0.440. The van der Waals surface area contributed by atoms with Gasteiger partial charge in [0.1, 0.15) is 0 Å². The van der Waals surface area contributed by atoms with Crippen molar-refractivity contribution in [2.24, 2.45) is 5.92 Å². The number of alkyl halides is 1. The molecule has 54 valence electrons. The number of hydrogen-bond donors (Lipinski definition) is 1. The molecule has 0 aromatic heterocycles. The topological polar surface area (TPSA) is 20.2 Å². The van der Waals surface area contributed by atoms with Crippen LogP contribution in [0.2, 0.25) is 0 Å². The second-order valence-electron chi connectivity index (χ2n) is 2.86. The number of aliphatic hydroxyl groups excluding tert-OH is 1. The van der Waals surface area contributed by atoms with Crippen molar-refractivity contribution in [1.29, 1.82) is 0 Å². The first-order chi connectivity index (χ1) is 4.22. The summed E-state index contributed by atoms with van der Waals surface area (Å²) >= 11 is 3.37. The molecule has 1 fully saturated rings. The summed E-state index contributed by atoms with van der Waals surface area (Å²) < 4.78 is 0. The Kier molecular flexibility index (Phi) is 2.53. The van der Waals surface area contributed by atoms with Crippen molar-refractivity contribution >= 4 is 15.9 Å². The Morgan fingerprint density at radius 2 is 2.11 bits per heavy atom. The highest BCUT2D eigenvalue weighted by molar-refractivity contribution is 9.09. The van der Waals surface area contributed by atoms with E-state index in [1.807, 2.05) is 6.92 Å². The lowest BCUT2D eigenvalue weighted by atomic mass is 9.80. The van der Waals surface area contributed by atoms with E-state index in [4.69, 9.17) is 0 Å². The minimum atomic E-state index is -0.112. The predicted octanol–water partition coefficient (Wildman–Crippen LogP) is 1.93. The minimum absolute atomic E-state index is 0.112. The van der Waals surface area contributed by atoms with Crippen molar-refractivity contribution in [3.05, 3.63) is 0 Å². The van der Waals surface area contributed by atoms with Gasteiger partial charge < -0.3 is 5.11 Å². The molecular weight excluding hydrogens is 180 g/mol. The molecule has 1 nitrogen and oxygen atoms in total. The van der Waals surface area contributed by atoms with Gasteiger partial charge in [-0.3, -0.25) is 0 Å². The van der Waals surface area contributed by atoms with Crippen LogP contribution in [0.3, 0.4) is 0 Å². The van der Waals surface area contributed by atoms with Gasteiger partial charge in [0.25, 0.3) is 0 Å². The zero-order chi connectivity index (χ0) is 6.85. The van der Waals surface area contributed by atoms with E-state index >= 15 is 0 Å². The first-order valence-corrected chi connectivity index (χ1v) is 4.45. The molecule has 1 aliphatic rings. The maximum Gasteiger partial charge on any atom is 0.0690 e. The Morgan fingerprint density at radius 1 is 1.56 bits per heavy atom. The third-order valence-electron chi connectivity index (χ3n) is 2.10. The number of aliphatic hydroxyl groups is 1. The molecule has 0 aromatic rings. The fourth-order valence-electron chi connectivity index (χ4n) is 1.16. The Morgan fingerprint density at radius 3 is 2.22 bits per heavy atom. The first-order valence-electron chi connectivity index (χ1n) is 3.54. The van der Waals surface area contributed by atoms with Crippen molar-refractivity contribution < 1.29 is 5.11 Å². The first kappa shape index (κ1) is 7.55. The molecule has 0 aromatic carbocycles. The van der Waals surface area contributed by atoms with Crippen LogP contribution in [0.4, 0.5) is 0 Å². The Bertz CT molecular complexity index is 88.9. The molecule has 0 saturated heterocycles. The van der Waals surface area contributed by atoms with Crippen molar-refractivity contribution in [1.82, 2.24) is 0 Å². The van der Waals surface area contributed by atoms with Crippen LogP contribution in [0.25, 0.3) is 0 Å². The van der Waals surface area contributed by atoms with Crippen LogP contribution in [-0.2, 0) is 0 Å². The molecule has 2 atom stereocenters. The highest BCUT2D eigenvalue weighted by Gasteiger charge is 2.27. The molecule has 0 aliphatic heterocycles. The van der Waals surface area contributed by atoms with Crippen LogP contribution in [0, 0.1) is 5.92 Å². The zero-order valence-electron chi connectivity index (χ0n) is 5.68. The predicted molar refractivity (Wildman–Crippen MR) is 41.7 cm³/mol. The van der Waals surface area contributed by atoms with Gasteiger partial charge in [-0.1, -0.05) is 29.3 Å². The normalized spacial score (nSPS) is 27.0. The molecule has 2 unspecified atom stereocenters. The summed E-state index contributed by atoms with van der Waals surface area (Å²) in [4.78, 5) is 0.266. The summed E-state index contributed by atoms with van der Waals surface area (Å²) in [6, 6.07) is 0. The van der Waals surface area contributed by atoms with Gasteiger partial charge in [-0.2, -0.15) is 0 Å². The van der Waals surface area contributed by atoms with Gasteiger partial charge in [-0.05, 0) is 18.8 Å². The van der Waals surface area contributed by atoms with Gasteiger partial charge in [-0.25, -0.2) is 0 Å². The van der Waals surface area contributed by atoms with Gasteiger partial charge in [-0.15, -0.1) is 0 Å². The number of halogens is 1. The van der Waals surface area contributed by atoms with Crippen LogP contribution in [0.1, 0.15) is 26.2 Å². The van der Waals surface area contributed by atoms with Gasteiger partial charge in [0.05, 0.1) is 6.10 Å². The van der Waals surface area contributed by atoms with E-state index in [0.717, 1.165) is 0 Å². The van der Waals surface area contributed by atoms with Crippen molar-refractivity contribution in [3.63, 3.8) is 0 Å². The molecule has 0 heterocycles. The molecular formula is C7H13BrO. The highest BCUT2D eigenvalue weighted by Crippen LogP contribution is 2.32. The fourth-order valence-corrected chi connectivity index (χ4v) is 1.59. The summed E-state index contributed by atoms with van der Waals surface area (Å²) in [6.45, 7) is 2.00. The maximum absolute atomic E-state index is 9.40. The molecule has 1 rings (SSSR count). The van der Waals surface area contributed by atoms with Crippen molar-refractivity contribution in [3.8, 4) is 0 Å². The van der Waals surface area contributed by atoms with Crippen LogP contribution in [0.15, 0.2) is 0 Å². The molecule has 0 radical (unpaired) electrons. The summed E-state index contributed by atoms with van der Waals surface area (Å²) in [5, 5.41) is 9.40. The van der Waals surface area contributed by atoms with Gasteiger partial charge in [0.2, 0.25) is 0 Å². The van der Waals surface area contributed by atoms with Crippen LogP contribution >= 0.6 is 15.9 Å². The minimum Gasteiger partial charge on any atom is -0.392 e. The average Bonchev–Trinajstić information content (AvgIpc) is 1.60. The molecule has 1 N–H and O–H groups in total. The van der Waals surface area contributed by atoms with E-state index < -0.39 is 0 Å². The fraction of sp³-hybridized carbons (Fsp3) is 1.00. The van der Waals surface area contributed by atoms with E-state index in [9.17, 15) is 5.11 Å². The van der Waals surface area contributed by atoms with Crippen LogP contribution in [0.5, 0.6) is 0 Å². The quantitative estimate of drug-likeness (QED) is 0.664. The third kappa shape index (κ3) is 1.68. The van der Waals surface area contributed by atoms with Crippen LogP contribution in [-0.4, -0.2) is 16.0 Å². The molecule has 0 bridgehead atoms. The van der Waals surface area contributed by atoms with E-state index in [1.165, 1.54) is 19.3 Å².